The highest BCUT2D eigenvalue weighted by atomic mass is 16.6. The molecule has 0 saturated heterocycles. The molecule has 2 rings (SSSR count). The van der Waals surface area contributed by atoms with Gasteiger partial charge in [0, 0.05) is 0 Å². The van der Waals surface area contributed by atoms with Gasteiger partial charge in [-0.15, -0.1) is 0 Å². The quantitative estimate of drug-likeness (QED) is 0.498. The van der Waals surface area contributed by atoms with E-state index < -0.39 is 0 Å². The third kappa shape index (κ3) is 1.72. The van der Waals surface area contributed by atoms with Crippen molar-refractivity contribution in [2.45, 2.75) is 19.3 Å². The van der Waals surface area contributed by atoms with Gasteiger partial charge in [-0.1, -0.05) is 17.3 Å². The summed E-state index contributed by atoms with van der Waals surface area (Å²) in [6.45, 7) is 0. The third-order valence-corrected chi connectivity index (χ3v) is 2.43. The fourth-order valence-electron chi connectivity index (χ4n) is 1.79. The largest absolute Gasteiger partial charge is 0.399 e. The molecule has 0 saturated carbocycles. The number of hydrogen-bond acceptors (Lipinski definition) is 2. The Kier molecular flexibility index (Phi) is 2.30. The van der Waals surface area contributed by atoms with Crippen LogP contribution in [0.2, 0.25) is 0 Å². The van der Waals surface area contributed by atoms with Crippen LogP contribution in [0.1, 0.15) is 23.1 Å². The second-order valence-electron chi connectivity index (χ2n) is 3.30. The summed E-state index contributed by atoms with van der Waals surface area (Å²) < 4.78 is 0. The first-order valence-electron chi connectivity index (χ1n) is 4.58. The highest BCUT2D eigenvalue weighted by Gasteiger charge is 2.09. The molecule has 0 atom stereocenters. The summed E-state index contributed by atoms with van der Waals surface area (Å²) in [6.07, 6.45) is 5.49. The summed E-state index contributed by atoms with van der Waals surface area (Å²) in [5.41, 5.74) is 4.09. The van der Waals surface area contributed by atoms with Gasteiger partial charge in [0.1, 0.15) is 7.11 Å². The van der Waals surface area contributed by atoms with Crippen LogP contribution < -0.4 is 0 Å². The van der Waals surface area contributed by atoms with Crippen molar-refractivity contribution in [2.24, 2.45) is 5.16 Å². The summed E-state index contributed by atoms with van der Waals surface area (Å²) in [7, 11) is 1.56. The third-order valence-electron chi connectivity index (χ3n) is 2.43. The maximum atomic E-state index is 4.63. The van der Waals surface area contributed by atoms with Gasteiger partial charge in [-0.25, -0.2) is 0 Å². The molecule has 0 spiro atoms. The fraction of sp³-hybridized carbons (Fsp3) is 0.364. The van der Waals surface area contributed by atoms with Crippen LogP contribution in [-0.2, 0) is 17.7 Å². The number of fused-ring (bicyclic) bond motifs is 1. The predicted molar refractivity (Wildman–Crippen MR) is 53.1 cm³/mol. The van der Waals surface area contributed by atoms with Gasteiger partial charge >= 0.3 is 0 Å². The Morgan fingerprint density at radius 3 is 3.00 bits per heavy atom. The van der Waals surface area contributed by atoms with E-state index in [-0.39, 0.29) is 0 Å². The van der Waals surface area contributed by atoms with E-state index in [0.29, 0.717) is 0 Å². The Hall–Kier alpha value is -1.31. The Morgan fingerprint density at radius 2 is 2.15 bits per heavy atom. The zero-order valence-electron chi connectivity index (χ0n) is 7.79. The maximum Gasteiger partial charge on any atom is 0.106 e. The molecule has 1 aliphatic rings. The van der Waals surface area contributed by atoms with Crippen molar-refractivity contribution in [3.8, 4) is 0 Å². The SMILES string of the molecule is CO/N=C/c1ccc2c(c1)CCC2. The minimum Gasteiger partial charge on any atom is -0.399 e. The summed E-state index contributed by atoms with van der Waals surface area (Å²) in [4.78, 5) is 4.63. The highest BCUT2D eigenvalue weighted by Crippen LogP contribution is 2.22. The van der Waals surface area contributed by atoms with Gasteiger partial charge in [0.15, 0.2) is 0 Å². The lowest BCUT2D eigenvalue weighted by atomic mass is 10.1. The average molecular weight is 175 g/mol. The molecule has 0 unspecified atom stereocenters. The van der Waals surface area contributed by atoms with Crippen LogP contribution in [0.4, 0.5) is 0 Å². The number of oxime groups is 1. The molecule has 0 fully saturated rings. The summed E-state index contributed by atoms with van der Waals surface area (Å²) in [5.74, 6) is 0. The number of rotatable bonds is 2. The molecule has 0 bridgehead atoms. The van der Waals surface area contributed by atoms with Gasteiger partial charge in [-0.3, -0.25) is 0 Å². The zero-order chi connectivity index (χ0) is 9.10. The van der Waals surface area contributed by atoms with E-state index in [0.717, 1.165) is 5.56 Å². The molecular weight excluding hydrogens is 162 g/mol. The topological polar surface area (TPSA) is 21.6 Å². The first-order valence-corrected chi connectivity index (χ1v) is 4.58. The second-order valence-corrected chi connectivity index (χ2v) is 3.30. The van der Waals surface area contributed by atoms with E-state index in [1.54, 1.807) is 13.3 Å². The fourth-order valence-corrected chi connectivity index (χ4v) is 1.79. The smallest absolute Gasteiger partial charge is 0.106 e. The van der Waals surface area contributed by atoms with Gasteiger partial charge in [-0.05, 0) is 42.0 Å². The lowest BCUT2D eigenvalue weighted by molar-refractivity contribution is 0.215. The lowest BCUT2D eigenvalue weighted by Gasteiger charge is -1.99. The van der Waals surface area contributed by atoms with Gasteiger partial charge in [0.2, 0.25) is 0 Å². The van der Waals surface area contributed by atoms with Crippen LogP contribution in [0.5, 0.6) is 0 Å². The number of hydrogen-bond donors (Lipinski definition) is 0. The van der Waals surface area contributed by atoms with Gasteiger partial charge < -0.3 is 4.84 Å². The molecular formula is C11H13NO. The van der Waals surface area contributed by atoms with Gasteiger partial charge in [-0.2, -0.15) is 0 Å². The molecule has 0 heterocycles. The second kappa shape index (κ2) is 3.60. The molecule has 2 heteroatoms. The summed E-state index contributed by atoms with van der Waals surface area (Å²) in [6, 6.07) is 6.48. The molecule has 1 aromatic rings. The molecule has 0 aliphatic heterocycles. The highest BCUT2D eigenvalue weighted by molar-refractivity contribution is 5.79. The van der Waals surface area contributed by atoms with Crippen LogP contribution >= 0.6 is 0 Å². The Labute approximate surface area is 78.2 Å². The van der Waals surface area contributed by atoms with Gasteiger partial charge in [0.25, 0.3) is 0 Å². The Bertz CT molecular complexity index is 331. The first-order chi connectivity index (χ1) is 6.40. The van der Waals surface area contributed by atoms with Crippen LogP contribution in [0.3, 0.4) is 0 Å². The monoisotopic (exact) mass is 175 g/mol. The molecule has 13 heavy (non-hydrogen) atoms. The van der Waals surface area contributed by atoms with E-state index in [9.17, 15) is 0 Å². The molecule has 68 valence electrons. The molecule has 1 aromatic carbocycles. The standard InChI is InChI=1S/C11H13NO/c1-13-12-8-9-5-6-10-3-2-4-11(10)7-9/h5-8H,2-4H2,1H3/b12-8+. The van der Waals surface area contributed by atoms with Crippen LogP contribution in [0.15, 0.2) is 23.4 Å². The first kappa shape index (κ1) is 8.30. The predicted octanol–water partition coefficient (Wildman–Crippen LogP) is 2.16. The molecule has 0 N–H and O–H groups in total. The van der Waals surface area contributed by atoms with Crippen LogP contribution in [0, 0.1) is 0 Å². The number of nitrogens with zero attached hydrogens (tertiary/aromatic N) is 1. The van der Waals surface area contributed by atoms with Crippen molar-refractivity contribution >= 4 is 6.21 Å². The van der Waals surface area contributed by atoms with Crippen molar-refractivity contribution in [1.29, 1.82) is 0 Å². The van der Waals surface area contributed by atoms with Crippen molar-refractivity contribution < 1.29 is 4.84 Å². The van der Waals surface area contributed by atoms with E-state index in [1.807, 2.05) is 0 Å². The van der Waals surface area contributed by atoms with Crippen LogP contribution in [0.25, 0.3) is 0 Å². The molecule has 0 aromatic heterocycles. The lowest BCUT2D eigenvalue weighted by Crippen LogP contribution is -1.87. The summed E-state index contributed by atoms with van der Waals surface area (Å²) in [5, 5.41) is 3.74. The number of benzene rings is 1. The molecule has 2 nitrogen and oxygen atoms in total. The van der Waals surface area contributed by atoms with Crippen molar-refractivity contribution in [3.63, 3.8) is 0 Å². The molecule has 0 radical (unpaired) electrons. The van der Waals surface area contributed by atoms with Crippen molar-refractivity contribution in [2.75, 3.05) is 7.11 Å². The summed E-state index contributed by atoms with van der Waals surface area (Å²) >= 11 is 0. The maximum absolute atomic E-state index is 4.63. The van der Waals surface area contributed by atoms with Crippen molar-refractivity contribution in [3.05, 3.63) is 34.9 Å². The Morgan fingerprint density at radius 1 is 1.31 bits per heavy atom. The minimum atomic E-state index is 1.13. The van der Waals surface area contributed by atoms with E-state index in [1.165, 1.54) is 30.4 Å². The zero-order valence-corrected chi connectivity index (χ0v) is 7.79. The van der Waals surface area contributed by atoms with Gasteiger partial charge in [0.05, 0.1) is 6.21 Å². The Balaban J connectivity index is 2.25. The van der Waals surface area contributed by atoms with Crippen molar-refractivity contribution in [1.82, 2.24) is 0 Å². The average Bonchev–Trinajstić information content (AvgIpc) is 2.61. The number of aryl methyl sites for hydroxylation is 2. The molecule has 1 aliphatic carbocycles. The normalized spacial score (nSPS) is 14.8. The van der Waals surface area contributed by atoms with Crippen LogP contribution in [-0.4, -0.2) is 13.3 Å². The van der Waals surface area contributed by atoms with E-state index >= 15 is 0 Å². The van der Waals surface area contributed by atoms with E-state index in [4.69, 9.17) is 0 Å². The van der Waals surface area contributed by atoms with E-state index in [2.05, 4.69) is 28.2 Å². The molecule has 0 amide bonds. The minimum absolute atomic E-state index is 1.13.